The van der Waals surface area contributed by atoms with E-state index in [4.69, 9.17) is 0 Å². The van der Waals surface area contributed by atoms with E-state index in [0.29, 0.717) is 6.42 Å². The van der Waals surface area contributed by atoms with Crippen molar-refractivity contribution in [3.05, 3.63) is 0 Å². The van der Waals surface area contributed by atoms with Crippen molar-refractivity contribution in [2.75, 3.05) is 11.5 Å². The number of rotatable bonds is 8. The van der Waals surface area contributed by atoms with E-state index in [1.54, 1.807) is 21.6 Å². The first-order valence-corrected chi connectivity index (χ1v) is 8.26. The molecule has 0 aromatic carbocycles. The summed E-state index contributed by atoms with van der Waals surface area (Å²) in [5.74, 6) is 1.12. The van der Waals surface area contributed by atoms with Crippen LogP contribution in [-0.4, -0.2) is 31.5 Å². The van der Waals surface area contributed by atoms with E-state index < -0.39 is 11.1 Å². The SMILES string of the molecule is CC(=O)NC(C)SSCCCCS(=O)[O-].[Na+]. The van der Waals surface area contributed by atoms with Crippen LogP contribution in [0.5, 0.6) is 0 Å². The summed E-state index contributed by atoms with van der Waals surface area (Å²) >= 11 is -1.91. The zero-order valence-corrected chi connectivity index (χ0v) is 14.3. The molecule has 2 atom stereocenters. The Morgan fingerprint density at radius 3 is 2.62 bits per heavy atom. The van der Waals surface area contributed by atoms with Crippen molar-refractivity contribution in [2.24, 2.45) is 0 Å². The summed E-state index contributed by atoms with van der Waals surface area (Å²) in [6.45, 7) is 3.41. The second kappa shape index (κ2) is 12.7. The molecule has 8 heteroatoms. The first-order chi connectivity index (χ1) is 7.02. The predicted octanol–water partition coefficient (Wildman–Crippen LogP) is -1.49. The Labute approximate surface area is 129 Å². The fourth-order valence-corrected chi connectivity index (χ4v) is 3.52. The zero-order valence-electron chi connectivity index (χ0n) is 9.86. The van der Waals surface area contributed by atoms with Crippen LogP contribution >= 0.6 is 21.6 Å². The van der Waals surface area contributed by atoms with Crippen LogP contribution in [0.1, 0.15) is 26.7 Å². The first kappa shape index (κ1) is 19.6. The number of nitrogens with one attached hydrogen (secondary N) is 1. The van der Waals surface area contributed by atoms with Gasteiger partial charge in [0.05, 0.1) is 5.37 Å². The molecule has 0 saturated carbocycles. The molecule has 0 radical (unpaired) electrons. The second-order valence-corrected chi connectivity index (χ2v) is 6.82. The van der Waals surface area contributed by atoms with Crippen LogP contribution in [-0.2, 0) is 15.9 Å². The monoisotopic (exact) mass is 293 g/mol. The second-order valence-electron chi connectivity index (χ2n) is 2.98. The van der Waals surface area contributed by atoms with E-state index in [1.165, 1.54) is 6.92 Å². The van der Waals surface area contributed by atoms with Crippen molar-refractivity contribution in [1.29, 1.82) is 0 Å². The molecule has 0 heterocycles. The Hall–Kier alpha value is 1.28. The van der Waals surface area contributed by atoms with Gasteiger partial charge in [0.25, 0.3) is 0 Å². The number of carbonyl (C=O) groups is 1. The maximum absolute atomic E-state index is 10.7. The molecule has 16 heavy (non-hydrogen) atoms. The van der Waals surface area contributed by atoms with Gasteiger partial charge in [-0.05, 0) is 19.8 Å². The van der Waals surface area contributed by atoms with Gasteiger partial charge in [0.1, 0.15) is 0 Å². The van der Waals surface area contributed by atoms with Crippen molar-refractivity contribution in [1.82, 2.24) is 5.32 Å². The minimum Gasteiger partial charge on any atom is -0.772 e. The fraction of sp³-hybridized carbons (Fsp3) is 0.875. The molecule has 0 aromatic heterocycles. The molecule has 0 aliphatic rings. The van der Waals surface area contributed by atoms with Crippen LogP contribution in [0, 0.1) is 0 Å². The Balaban J connectivity index is 0. The van der Waals surface area contributed by atoms with Crippen LogP contribution < -0.4 is 34.9 Å². The van der Waals surface area contributed by atoms with Gasteiger partial charge in [0.15, 0.2) is 0 Å². The number of hydrogen-bond donors (Lipinski definition) is 1. The minimum atomic E-state index is -1.91. The van der Waals surface area contributed by atoms with E-state index >= 15 is 0 Å². The molecular weight excluding hydrogens is 277 g/mol. The van der Waals surface area contributed by atoms with Crippen molar-refractivity contribution in [3.8, 4) is 0 Å². The Kier molecular flexibility index (Phi) is 15.6. The van der Waals surface area contributed by atoms with Gasteiger partial charge in [-0.1, -0.05) is 32.7 Å². The average molecular weight is 293 g/mol. The summed E-state index contributed by atoms with van der Waals surface area (Å²) in [5.41, 5.74) is 0. The van der Waals surface area contributed by atoms with E-state index in [0.717, 1.165) is 12.2 Å². The van der Waals surface area contributed by atoms with Gasteiger partial charge in [-0.25, -0.2) is 0 Å². The molecule has 0 aliphatic heterocycles. The van der Waals surface area contributed by atoms with E-state index in [9.17, 15) is 13.6 Å². The molecule has 0 rings (SSSR count). The molecule has 90 valence electrons. The molecule has 0 spiro atoms. The predicted molar refractivity (Wildman–Crippen MR) is 66.3 cm³/mol. The van der Waals surface area contributed by atoms with E-state index in [2.05, 4.69) is 5.32 Å². The smallest absolute Gasteiger partial charge is 0.772 e. The zero-order chi connectivity index (χ0) is 11.7. The van der Waals surface area contributed by atoms with Crippen molar-refractivity contribution in [3.63, 3.8) is 0 Å². The third-order valence-electron chi connectivity index (χ3n) is 1.41. The molecule has 0 bridgehead atoms. The maximum atomic E-state index is 10.7. The average Bonchev–Trinajstić information content (AvgIpc) is 2.09. The van der Waals surface area contributed by atoms with E-state index in [-0.39, 0.29) is 46.6 Å². The topological polar surface area (TPSA) is 69.2 Å². The molecule has 0 fully saturated rings. The van der Waals surface area contributed by atoms with Gasteiger partial charge in [-0.3, -0.25) is 9.00 Å². The summed E-state index contributed by atoms with van der Waals surface area (Å²) < 4.78 is 20.4. The summed E-state index contributed by atoms with van der Waals surface area (Å²) in [4.78, 5) is 10.7. The van der Waals surface area contributed by atoms with Gasteiger partial charge in [-0.15, -0.1) is 0 Å². The summed E-state index contributed by atoms with van der Waals surface area (Å²) in [6, 6.07) is 0. The Bertz CT molecular complexity index is 219. The number of unbranched alkanes of at least 4 members (excludes halogenated alkanes) is 1. The van der Waals surface area contributed by atoms with Crippen molar-refractivity contribution < 1.29 is 43.1 Å². The van der Waals surface area contributed by atoms with Crippen LogP contribution in [0.15, 0.2) is 0 Å². The standard InChI is InChI=1S/C8H17NO3S3.Na/c1-7(10)9-8(2)14-13-5-3-4-6-15(11)12;/h8H,3-6H2,1-2H3,(H,9,10)(H,11,12);/q;+1/p-1. The van der Waals surface area contributed by atoms with Crippen LogP contribution in [0.3, 0.4) is 0 Å². The van der Waals surface area contributed by atoms with Crippen molar-refractivity contribution in [2.45, 2.75) is 32.1 Å². The summed E-state index contributed by atoms with van der Waals surface area (Å²) in [5, 5.41) is 2.85. The molecule has 1 N–H and O–H groups in total. The third-order valence-corrected chi connectivity index (χ3v) is 4.80. The molecule has 0 aliphatic carbocycles. The fourth-order valence-electron chi connectivity index (χ4n) is 0.841. The van der Waals surface area contributed by atoms with E-state index in [1.807, 2.05) is 6.92 Å². The molecule has 1 amide bonds. The number of carbonyl (C=O) groups excluding carboxylic acids is 1. The van der Waals surface area contributed by atoms with Crippen LogP contribution in [0.4, 0.5) is 0 Å². The third kappa shape index (κ3) is 15.3. The summed E-state index contributed by atoms with van der Waals surface area (Å²) in [7, 11) is 3.25. The van der Waals surface area contributed by atoms with Gasteiger partial charge in [-0.2, -0.15) is 0 Å². The maximum Gasteiger partial charge on any atom is 1.00 e. The summed E-state index contributed by atoms with van der Waals surface area (Å²) in [6.07, 6.45) is 1.59. The number of hydrogen-bond acceptors (Lipinski definition) is 5. The Morgan fingerprint density at radius 1 is 1.50 bits per heavy atom. The Morgan fingerprint density at radius 2 is 2.12 bits per heavy atom. The van der Waals surface area contributed by atoms with Gasteiger partial charge in [0, 0.05) is 18.4 Å². The molecule has 0 aromatic rings. The van der Waals surface area contributed by atoms with Gasteiger partial charge in [0.2, 0.25) is 5.91 Å². The molecule has 4 nitrogen and oxygen atoms in total. The molecule has 0 saturated heterocycles. The minimum absolute atomic E-state index is 0. The molecule has 2 unspecified atom stereocenters. The largest absolute Gasteiger partial charge is 1.00 e. The normalized spacial score (nSPS) is 13.7. The quantitative estimate of drug-likeness (QED) is 0.194. The number of amides is 1. The molecular formula is C8H16NNaO3S3. The first-order valence-electron chi connectivity index (χ1n) is 4.63. The van der Waals surface area contributed by atoms with Crippen molar-refractivity contribution >= 4 is 38.6 Å². The van der Waals surface area contributed by atoms with Gasteiger partial charge < -0.3 is 9.87 Å². The van der Waals surface area contributed by atoms with Crippen LogP contribution in [0.25, 0.3) is 0 Å². The van der Waals surface area contributed by atoms with Gasteiger partial charge >= 0.3 is 29.6 Å². The van der Waals surface area contributed by atoms with Crippen LogP contribution in [0.2, 0.25) is 0 Å².